The molecule has 2 aliphatic rings. The van der Waals surface area contributed by atoms with Crippen LogP contribution in [0.5, 0.6) is 0 Å². The first kappa shape index (κ1) is 8.55. The molecule has 0 radical (unpaired) electrons. The summed E-state index contributed by atoms with van der Waals surface area (Å²) in [5.74, 6) is 1.75. The number of fused-ring (bicyclic) bond motifs is 2. The van der Waals surface area contributed by atoms with E-state index >= 15 is 0 Å². The number of hydrogen-bond donors (Lipinski definition) is 0. The molecule has 2 bridgehead atoms. The third-order valence-corrected chi connectivity index (χ3v) is 3.77. The highest BCUT2D eigenvalue weighted by Gasteiger charge is 2.39. The summed E-state index contributed by atoms with van der Waals surface area (Å²) >= 11 is 0. The zero-order valence-corrected chi connectivity index (χ0v) is 8.25. The monoisotopic (exact) mass is 168 g/mol. The van der Waals surface area contributed by atoms with Gasteiger partial charge in [-0.2, -0.15) is 0 Å². The molecule has 0 aromatic carbocycles. The molecular weight excluding hydrogens is 148 g/mol. The normalized spacial score (nSPS) is 43.0. The molecule has 0 saturated carbocycles. The predicted octanol–water partition coefficient (Wildman–Crippen LogP) is 2.99. The van der Waals surface area contributed by atoms with Crippen molar-refractivity contribution in [2.45, 2.75) is 58.2 Å². The highest BCUT2D eigenvalue weighted by Crippen LogP contribution is 2.41. The largest absolute Gasteiger partial charge is 0.375 e. The van der Waals surface area contributed by atoms with Crippen molar-refractivity contribution in [1.82, 2.24) is 0 Å². The lowest BCUT2D eigenvalue weighted by molar-refractivity contribution is -0.00964. The van der Waals surface area contributed by atoms with E-state index in [1.54, 1.807) is 0 Å². The Bertz CT molecular complexity index is 155. The molecule has 2 aliphatic heterocycles. The SMILES string of the molecule is CCC(C)C1CC2CCCC1O2. The Morgan fingerprint density at radius 2 is 2.25 bits per heavy atom. The summed E-state index contributed by atoms with van der Waals surface area (Å²) in [6.07, 6.45) is 7.97. The second-order valence-electron chi connectivity index (χ2n) is 4.51. The van der Waals surface area contributed by atoms with Crippen molar-refractivity contribution in [1.29, 1.82) is 0 Å². The van der Waals surface area contributed by atoms with Crippen molar-refractivity contribution in [3.63, 3.8) is 0 Å². The van der Waals surface area contributed by atoms with Crippen LogP contribution in [0.1, 0.15) is 46.0 Å². The molecule has 0 amide bonds. The maximum atomic E-state index is 5.93. The molecule has 0 aliphatic carbocycles. The molecule has 0 spiro atoms. The molecule has 2 saturated heterocycles. The molecule has 2 rings (SSSR count). The second kappa shape index (κ2) is 3.37. The fourth-order valence-corrected chi connectivity index (χ4v) is 2.78. The zero-order chi connectivity index (χ0) is 8.55. The van der Waals surface area contributed by atoms with E-state index in [9.17, 15) is 0 Å². The van der Waals surface area contributed by atoms with Crippen LogP contribution in [0.15, 0.2) is 0 Å². The van der Waals surface area contributed by atoms with Crippen LogP contribution in [-0.2, 0) is 4.74 Å². The minimum absolute atomic E-state index is 0.624. The first-order valence-electron chi connectivity index (χ1n) is 5.46. The van der Waals surface area contributed by atoms with Crippen molar-refractivity contribution >= 4 is 0 Å². The number of hydrogen-bond acceptors (Lipinski definition) is 1. The van der Waals surface area contributed by atoms with Gasteiger partial charge in [-0.1, -0.05) is 20.3 Å². The van der Waals surface area contributed by atoms with E-state index in [1.165, 1.54) is 32.1 Å². The maximum absolute atomic E-state index is 5.93. The van der Waals surface area contributed by atoms with Crippen molar-refractivity contribution in [2.75, 3.05) is 0 Å². The number of rotatable bonds is 2. The predicted molar refractivity (Wildman–Crippen MR) is 50.1 cm³/mol. The summed E-state index contributed by atoms with van der Waals surface area (Å²) in [5.41, 5.74) is 0. The van der Waals surface area contributed by atoms with Crippen LogP contribution in [0.25, 0.3) is 0 Å². The molecule has 70 valence electrons. The Hall–Kier alpha value is -0.0400. The Morgan fingerprint density at radius 1 is 1.42 bits per heavy atom. The maximum Gasteiger partial charge on any atom is 0.0610 e. The molecule has 1 heteroatoms. The van der Waals surface area contributed by atoms with E-state index in [0.29, 0.717) is 12.2 Å². The first-order chi connectivity index (χ1) is 5.81. The lowest BCUT2D eigenvalue weighted by Gasteiger charge is -2.24. The van der Waals surface area contributed by atoms with Gasteiger partial charge in [0, 0.05) is 0 Å². The van der Waals surface area contributed by atoms with E-state index in [-0.39, 0.29) is 0 Å². The van der Waals surface area contributed by atoms with Gasteiger partial charge >= 0.3 is 0 Å². The third kappa shape index (κ3) is 1.39. The first-order valence-corrected chi connectivity index (χ1v) is 5.46. The molecule has 2 heterocycles. The summed E-state index contributed by atoms with van der Waals surface area (Å²) in [5, 5.41) is 0. The average Bonchev–Trinajstić information content (AvgIpc) is 2.40. The molecule has 4 atom stereocenters. The van der Waals surface area contributed by atoms with Gasteiger partial charge < -0.3 is 4.74 Å². The molecular formula is C11H20O. The Morgan fingerprint density at radius 3 is 2.92 bits per heavy atom. The highest BCUT2D eigenvalue weighted by molar-refractivity contribution is 4.88. The average molecular weight is 168 g/mol. The molecule has 0 aromatic heterocycles. The van der Waals surface area contributed by atoms with Crippen LogP contribution in [0, 0.1) is 11.8 Å². The second-order valence-corrected chi connectivity index (χ2v) is 4.51. The van der Waals surface area contributed by atoms with Gasteiger partial charge in [-0.25, -0.2) is 0 Å². The summed E-state index contributed by atoms with van der Waals surface area (Å²) in [7, 11) is 0. The topological polar surface area (TPSA) is 9.23 Å². The summed E-state index contributed by atoms with van der Waals surface area (Å²) in [6, 6.07) is 0. The zero-order valence-electron chi connectivity index (χ0n) is 8.25. The van der Waals surface area contributed by atoms with E-state index in [4.69, 9.17) is 4.74 Å². The minimum atomic E-state index is 0.624. The highest BCUT2D eigenvalue weighted by atomic mass is 16.5. The van der Waals surface area contributed by atoms with Gasteiger partial charge in [-0.3, -0.25) is 0 Å². The lowest BCUT2D eigenvalue weighted by Crippen LogP contribution is -2.23. The van der Waals surface area contributed by atoms with Crippen LogP contribution in [-0.4, -0.2) is 12.2 Å². The van der Waals surface area contributed by atoms with Gasteiger partial charge in [0.1, 0.15) is 0 Å². The molecule has 4 unspecified atom stereocenters. The van der Waals surface area contributed by atoms with Crippen molar-refractivity contribution in [3.8, 4) is 0 Å². The van der Waals surface area contributed by atoms with Gasteiger partial charge in [-0.05, 0) is 37.5 Å². The smallest absolute Gasteiger partial charge is 0.0610 e. The lowest BCUT2D eigenvalue weighted by atomic mass is 9.85. The quantitative estimate of drug-likeness (QED) is 0.616. The van der Waals surface area contributed by atoms with Gasteiger partial charge in [-0.15, -0.1) is 0 Å². The van der Waals surface area contributed by atoms with Gasteiger partial charge in [0.15, 0.2) is 0 Å². The van der Waals surface area contributed by atoms with Gasteiger partial charge in [0.2, 0.25) is 0 Å². The molecule has 12 heavy (non-hydrogen) atoms. The Labute approximate surface area is 75.5 Å². The van der Waals surface area contributed by atoms with E-state index in [1.807, 2.05) is 0 Å². The Kier molecular flexibility index (Phi) is 2.40. The van der Waals surface area contributed by atoms with Crippen LogP contribution in [0.3, 0.4) is 0 Å². The summed E-state index contributed by atoms with van der Waals surface area (Å²) < 4.78 is 5.93. The fourth-order valence-electron chi connectivity index (χ4n) is 2.78. The van der Waals surface area contributed by atoms with Crippen molar-refractivity contribution in [3.05, 3.63) is 0 Å². The van der Waals surface area contributed by atoms with Crippen LogP contribution < -0.4 is 0 Å². The number of ether oxygens (including phenoxy) is 1. The molecule has 1 nitrogen and oxygen atoms in total. The molecule has 0 aromatic rings. The van der Waals surface area contributed by atoms with Crippen LogP contribution >= 0.6 is 0 Å². The minimum Gasteiger partial charge on any atom is -0.375 e. The summed E-state index contributed by atoms with van der Waals surface area (Å²) in [4.78, 5) is 0. The Balaban J connectivity index is 1.99. The van der Waals surface area contributed by atoms with E-state index in [0.717, 1.165) is 11.8 Å². The molecule has 2 fully saturated rings. The van der Waals surface area contributed by atoms with Crippen LogP contribution in [0.4, 0.5) is 0 Å². The van der Waals surface area contributed by atoms with Crippen molar-refractivity contribution < 1.29 is 4.74 Å². The van der Waals surface area contributed by atoms with E-state index in [2.05, 4.69) is 13.8 Å². The van der Waals surface area contributed by atoms with Gasteiger partial charge in [0.25, 0.3) is 0 Å². The van der Waals surface area contributed by atoms with Crippen molar-refractivity contribution in [2.24, 2.45) is 11.8 Å². The standard InChI is InChI=1S/C11H20O/c1-3-8(2)10-7-9-5-4-6-11(10)12-9/h8-11H,3-7H2,1-2H3. The molecule has 0 N–H and O–H groups in total. The summed E-state index contributed by atoms with van der Waals surface area (Å²) in [6.45, 7) is 4.68. The van der Waals surface area contributed by atoms with E-state index < -0.39 is 0 Å². The van der Waals surface area contributed by atoms with Gasteiger partial charge in [0.05, 0.1) is 12.2 Å². The fraction of sp³-hybridized carbons (Fsp3) is 1.00. The van der Waals surface area contributed by atoms with Crippen LogP contribution in [0.2, 0.25) is 0 Å². The third-order valence-electron chi connectivity index (χ3n) is 3.77.